The Morgan fingerprint density at radius 3 is 3.08 bits per heavy atom. The molecule has 0 aliphatic carbocycles. The molecule has 12 heavy (non-hydrogen) atoms. The van der Waals surface area contributed by atoms with E-state index in [0.29, 0.717) is 18.5 Å². The van der Waals surface area contributed by atoms with Crippen LogP contribution in [0.25, 0.3) is 0 Å². The molecule has 3 heteroatoms. The number of nitriles is 1. The van der Waals surface area contributed by atoms with Crippen LogP contribution < -0.4 is 5.32 Å². The molecule has 1 rings (SSSR count). The molecule has 1 aliphatic heterocycles. The van der Waals surface area contributed by atoms with E-state index in [4.69, 9.17) is 5.26 Å². The summed E-state index contributed by atoms with van der Waals surface area (Å²) in [6.07, 6.45) is 0.643. The number of rotatable bonds is 2. The Hall–Kier alpha value is -0.590. The van der Waals surface area contributed by atoms with Crippen LogP contribution in [0.15, 0.2) is 0 Å². The lowest BCUT2D eigenvalue weighted by molar-refractivity contribution is 0.128. The van der Waals surface area contributed by atoms with Crippen molar-refractivity contribution >= 4 is 0 Å². The van der Waals surface area contributed by atoms with Gasteiger partial charge in [0.05, 0.1) is 12.5 Å². The lowest BCUT2D eigenvalue weighted by atomic mass is 10.1. The number of hydrogen-bond donors (Lipinski definition) is 1. The van der Waals surface area contributed by atoms with Crippen molar-refractivity contribution in [1.29, 1.82) is 5.26 Å². The Balaban J connectivity index is 2.43. The van der Waals surface area contributed by atoms with Crippen LogP contribution in [0, 0.1) is 11.3 Å². The minimum Gasteiger partial charge on any atom is -0.314 e. The normalized spacial score (nSPS) is 27.9. The molecule has 1 N–H and O–H groups in total. The van der Waals surface area contributed by atoms with Crippen LogP contribution in [0.5, 0.6) is 0 Å². The van der Waals surface area contributed by atoms with Crippen molar-refractivity contribution in [2.45, 2.75) is 32.4 Å². The molecule has 0 saturated carbocycles. The first-order valence-corrected chi connectivity index (χ1v) is 4.59. The van der Waals surface area contributed by atoms with Gasteiger partial charge in [0.15, 0.2) is 0 Å². The number of piperazine rings is 1. The summed E-state index contributed by atoms with van der Waals surface area (Å²) in [5.74, 6) is 0. The Labute approximate surface area is 74.4 Å². The Bertz CT molecular complexity index is 173. The maximum absolute atomic E-state index is 8.56. The molecule has 0 spiro atoms. The summed E-state index contributed by atoms with van der Waals surface area (Å²) < 4.78 is 0. The highest BCUT2D eigenvalue weighted by Gasteiger charge is 2.22. The van der Waals surface area contributed by atoms with Gasteiger partial charge in [-0.25, -0.2) is 0 Å². The second kappa shape index (κ2) is 4.44. The standard InChI is InChI=1S/C9H17N3/c1-8(3-4-10)12-6-5-11-7-9(12)2/h8-9,11H,3,5-7H2,1-2H3/t8?,9-/m1/s1. The van der Waals surface area contributed by atoms with Crippen LogP contribution in [-0.2, 0) is 0 Å². The molecular weight excluding hydrogens is 150 g/mol. The van der Waals surface area contributed by atoms with E-state index >= 15 is 0 Å². The van der Waals surface area contributed by atoms with Gasteiger partial charge in [0, 0.05) is 31.7 Å². The first-order chi connectivity index (χ1) is 5.75. The molecule has 1 fully saturated rings. The molecule has 0 aromatic rings. The fraction of sp³-hybridized carbons (Fsp3) is 0.889. The van der Waals surface area contributed by atoms with E-state index in [9.17, 15) is 0 Å². The van der Waals surface area contributed by atoms with E-state index in [1.165, 1.54) is 0 Å². The monoisotopic (exact) mass is 167 g/mol. The second-order valence-electron chi connectivity index (χ2n) is 3.50. The van der Waals surface area contributed by atoms with Gasteiger partial charge in [0.2, 0.25) is 0 Å². The zero-order valence-corrected chi connectivity index (χ0v) is 7.88. The van der Waals surface area contributed by atoms with Gasteiger partial charge in [-0.05, 0) is 13.8 Å². The van der Waals surface area contributed by atoms with E-state index in [0.717, 1.165) is 19.6 Å². The molecule has 0 radical (unpaired) electrons. The summed E-state index contributed by atoms with van der Waals surface area (Å²) in [6, 6.07) is 3.20. The van der Waals surface area contributed by atoms with Gasteiger partial charge < -0.3 is 5.32 Å². The van der Waals surface area contributed by atoms with Crippen molar-refractivity contribution in [1.82, 2.24) is 10.2 Å². The van der Waals surface area contributed by atoms with Crippen molar-refractivity contribution in [2.75, 3.05) is 19.6 Å². The zero-order chi connectivity index (χ0) is 8.97. The van der Waals surface area contributed by atoms with Crippen molar-refractivity contribution < 1.29 is 0 Å². The fourth-order valence-electron chi connectivity index (χ4n) is 1.76. The van der Waals surface area contributed by atoms with Crippen LogP contribution in [-0.4, -0.2) is 36.6 Å². The molecule has 1 saturated heterocycles. The molecule has 0 aromatic carbocycles. The largest absolute Gasteiger partial charge is 0.314 e. The number of hydrogen-bond acceptors (Lipinski definition) is 3. The van der Waals surface area contributed by atoms with Crippen LogP contribution >= 0.6 is 0 Å². The molecule has 68 valence electrons. The predicted octanol–water partition coefficient (Wildman–Crippen LogP) is 0.582. The van der Waals surface area contributed by atoms with Gasteiger partial charge in [0.1, 0.15) is 0 Å². The summed E-state index contributed by atoms with van der Waals surface area (Å²) in [5.41, 5.74) is 0. The second-order valence-corrected chi connectivity index (χ2v) is 3.50. The van der Waals surface area contributed by atoms with Crippen LogP contribution in [0.1, 0.15) is 20.3 Å². The first kappa shape index (κ1) is 9.50. The minimum atomic E-state index is 0.409. The van der Waals surface area contributed by atoms with Gasteiger partial charge >= 0.3 is 0 Å². The molecule has 0 aromatic heterocycles. The quantitative estimate of drug-likeness (QED) is 0.654. The highest BCUT2D eigenvalue weighted by Crippen LogP contribution is 2.09. The predicted molar refractivity (Wildman–Crippen MR) is 48.7 cm³/mol. The fourth-order valence-corrected chi connectivity index (χ4v) is 1.76. The van der Waals surface area contributed by atoms with Gasteiger partial charge in [-0.2, -0.15) is 5.26 Å². The third-order valence-corrected chi connectivity index (χ3v) is 2.51. The van der Waals surface area contributed by atoms with Crippen LogP contribution in [0.2, 0.25) is 0 Å². The molecule has 0 amide bonds. The summed E-state index contributed by atoms with van der Waals surface area (Å²) in [7, 11) is 0. The van der Waals surface area contributed by atoms with Crippen molar-refractivity contribution in [3.63, 3.8) is 0 Å². The Morgan fingerprint density at radius 1 is 1.75 bits per heavy atom. The lowest BCUT2D eigenvalue weighted by Gasteiger charge is -2.37. The first-order valence-electron chi connectivity index (χ1n) is 4.59. The number of nitrogens with one attached hydrogen (secondary N) is 1. The Morgan fingerprint density at radius 2 is 2.50 bits per heavy atom. The molecule has 0 bridgehead atoms. The maximum Gasteiger partial charge on any atom is 0.0638 e. The average molecular weight is 167 g/mol. The SMILES string of the molecule is CC(CC#N)N1CCNC[C@H]1C. The molecule has 1 aliphatic rings. The lowest BCUT2D eigenvalue weighted by Crippen LogP contribution is -2.53. The van der Waals surface area contributed by atoms with Gasteiger partial charge in [-0.1, -0.05) is 0 Å². The maximum atomic E-state index is 8.56. The van der Waals surface area contributed by atoms with E-state index < -0.39 is 0 Å². The van der Waals surface area contributed by atoms with Crippen molar-refractivity contribution in [3.8, 4) is 6.07 Å². The summed E-state index contributed by atoms with van der Waals surface area (Å²) in [5, 5.41) is 11.9. The number of nitrogens with zero attached hydrogens (tertiary/aromatic N) is 2. The van der Waals surface area contributed by atoms with Gasteiger partial charge in [-0.15, -0.1) is 0 Å². The topological polar surface area (TPSA) is 39.1 Å². The third kappa shape index (κ3) is 2.20. The highest BCUT2D eigenvalue weighted by molar-refractivity contribution is 4.85. The van der Waals surface area contributed by atoms with Crippen molar-refractivity contribution in [2.24, 2.45) is 0 Å². The third-order valence-electron chi connectivity index (χ3n) is 2.51. The van der Waals surface area contributed by atoms with E-state index in [1.54, 1.807) is 0 Å². The molecular formula is C9H17N3. The zero-order valence-electron chi connectivity index (χ0n) is 7.88. The molecule has 3 nitrogen and oxygen atoms in total. The van der Waals surface area contributed by atoms with Crippen LogP contribution in [0.4, 0.5) is 0 Å². The molecule has 1 heterocycles. The molecule has 1 unspecified atom stereocenters. The summed E-state index contributed by atoms with van der Waals surface area (Å²) in [6.45, 7) is 7.52. The van der Waals surface area contributed by atoms with Gasteiger partial charge in [0.25, 0.3) is 0 Å². The summed E-state index contributed by atoms with van der Waals surface area (Å²) >= 11 is 0. The van der Waals surface area contributed by atoms with Crippen molar-refractivity contribution in [3.05, 3.63) is 0 Å². The Kier molecular flexibility index (Phi) is 3.51. The minimum absolute atomic E-state index is 0.409. The van der Waals surface area contributed by atoms with E-state index in [-0.39, 0.29) is 0 Å². The summed E-state index contributed by atoms with van der Waals surface area (Å²) in [4.78, 5) is 2.40. The van der Waals surface area contributed by atoms with E-state index in [2.05, 4.69) is 30.1 Å². The highest BCUT2D eigenvalue weighted by atomic mass is 15.2. The average Bonchev–Trinajstić information content (AvgIpc) is 2.05. The van der Waals surface area contributed by atoms with E-state index in [1.807, 2.05) is 0 Å². The van der Waals surface area contributed by atoms with Crippen LogP contribution in [0.3, 0.4) is 0 Å². The van der Waals surface area contributed by atoms with Gasteiger partial charge in [-0.3, -0.25) is 4.90 Å². The molecule has 2 atom stereocenters. The smallest absolute Gasteiger partial charge is 0.0638 e.